The number of aryl methyl sites for hydroxylation is 2. The minimum atomic E-state index is 0.397. The van der Waals surface area contributed by atoms with Crippen LogP contribution in [0.15, 0.2) is 27.5 Å². The lowest BCUT2D eigenvalue weighted by atomic mass is 10.1. The van der Waals surface area contributed by atoms with E-state index in [9.17, 15) is 0 Å². The molecule has 0 saturated carbocycles. The van der Waals surface area contributed by atoms with E-state index in [0.717, 1.165) is 33.4 Å². The molecule has 2 aromatic rings. The Morgan fingerprint density at radius 3 is 2.76 bits per heavy atom. The Hall–Kier alpha value is -1.53. The van der Waals surface area contributed by atoms with E-state index in [2.05, 4.69) is 17.2 Å². The number of oxazole rings is 1. The maximum atomic E-state index is 5.88. The zero-order valence-corrected chi connectivity index (χ0v) is 14.0. The minimum absolute atomic E-state index is 0.397. The predicted octanol–water partition coefficient (Wildman–Crippen LogP) is 3.65. The largest absolute Gasteiger partial charge is 0.444 e. The van der Waals surface area contributed by atoms with Gasteiger partial charge in [-0.15, -0.1) is 11.8 Å². The smallest absolute Gasteiger partial charge is 0.213 e. The lowest BCUT2D eigenvalue weighted by molar-refractivity contribution is 0.478. The van der Waals surface area contributed by atoms with Gasteiger partial charge in [-0.2, -0.15) is 0 Å². The summed E-state index contributed by atoms with van der Waals surface area (Å²) in [6, 6.07) is 6.00. The van der Waals surface area contributed by atoms with Crippen molar-refractivity contribution >= 4 is 34.7 Å². The number of thioether (sulfide) groups is 1. The van der Waals surface area contributed by atoms with Crippen LogP contribution in [0.5, 0.6) is 0 Å². The summed E-state index contributed by atoms with van der Waals surface area (Å²) in [6.45, 7) is 6.45. The van der Waals surface area contributed by atoms with Crippen LogP contribution in [0.2, 0.25) is 0 Å². The number of hydrogen-bond donors (Lipinski definition) is 2. The molecule has 0 spiro atoms. The van der Waals surface area contributed by atoms with E-state index in [1.165, 1.54) is 0 Å². The zero-order valence-electron chi connectivity index (χ0n) is 12.4. The number of anilines is 1. The van der Waals surface area contributed by atoms with Gasteiger partial charge in [0, 0.05) is 16.1 Å². The number of hydrogen-bond acceptors (Lipinski definition) is 5. The highest BCUT2D eigenvalue weighted by atomic mass is 32.2. The van der Waals surface area contributed by atoms with E-state index in [1.807, 2.05) is 32.0 Å². The molecule has 0 unspecified atom stereocenters. The number of benzene rings is 1. The van der Waals surface area contributed by atoms with Gasteiger partial charge in [-0.25, -0.2) is 4.98 Å². The van der Waals surface area contributed by atoms with Gasteiger partial charge in [0.05, 0.1) is 12.2 Å². The highest BCUT2D eigenvalue weighted by molar-refractivity contribution is 7.99. The summed E-state index contributed by atoms with van der Waals surface area (Å²) in [7, 11) is 0. The van der Waals surface area contributed by atoms with E-state index in [0.29, 0.717) is 17.4 Å². The molecule has 1 heterocycles. The Morgan fingerprint density at radius 2 is 2.19 bits per heavy atom. The minimum Gasteiger partial charge on any atom is -0.444 e. The first-order valence-electron chi connectivity index (χ1n) is 6.75. The molecule has 112 valence electrons. The number of nitrogens with one attached hydrogen (secondary N) is 1. The molecule has 0 saturated heterocycles. The van der Waals surface area contributed by atoms with Crippen molar-refractivity contribution in [2.75, 3.05) is 11.1 Å². The average Bonchev–Trinajstić information content (AvgIpc) is 2.75. The Bertz CT molecular complexity index is 633. The molecule has 0 amide bonds. The second-order valence-electron chi connectivity index (χ2n) is 4.58. The summed E-state index contributed by atoms with van der Waals surface area (Å²) in [6.07, 6.45) is 0. The van der Waals surface area contributed by atoms with Gasteiger partial charge in [-0.05, 0) is 31.7 Å². The highest BCUT2D eigenvalue weighted by Crippen LogP contribution is 2.29. The molecular weight excluding hydrogens is 302 g/mol. The van der Waals surface area contributed by atoms with E-state index < -0.39 is 0 Å². The summed E-state index contributed by atoms with van der Waals surface area (Å²) < 4.78 is 5.57. The molecule has 0 aliphatic heterocycles. The molecule has 1 aromatic heterocycles. The van der Waals surface area contributed by atoms with Crippen molar-refractivity contribution in [2.24, 2.45) is 5.73 Å². The van der Waals surface area contributed by atoms with Gasteiger partial charge in [0.2, 0.25) is 5.89 Å². The van der Waals surface area contributed by atoms with Crippen LogP contribution in [-0.4, -0.2) is 15.7 Å². The number of aromatic nitrogens is 1. The van der Waals surface area contributed by atoms with Crippen molar-refractivity contribution in [2.45, 2.75) is 32.2 Å². The molecule has 3 N–H and O–H groups in total. The van der Waals surface area contributed by atoms with Crippen molar-refractivity contribution < 1.29 is 4.42 Å². The van der Waals surface area contributed by atoms with Crippen LogP contribution >= 0.6 is 24.0 Å². The molecule has 1 aromatic carbocycles. The van der Waals surface area contributed by atoms with Gasteiger partial charge in [-0.1, -0.05) is 25.2 Å². The molecule has 4 nitrogen and oxygen atoms in total. The van der Waals surface area contributed by atoms with Crippen LogP contribution in [0, 0.1) is 13.8 Å². The zero-order chi connectivity index (χ0) is 15.4. The van der Waals surface area contributed by atoms with Crippen LogP contribution in [0.1, 0.15) is 29.8 Å². The van der Waals surface area contributed by atoms with E-state index >= 15 is 0 Å². The van der Waals surface area contributed by atoms with Gasteiger partial charge < -0.3 is 15.5 Å². The fourth-order valence-electron chi connectivity index (χ4n) is 1.99. The van der Waals surface area contributed by atoms with Crippen LogP contribution in [0.25, 0.3) is 0 Å². The van der Waals surface area contributed by atoms with Gasteiger partial charge in [-0.3, -0.25) is 0 Å². The van der Waals surface area contributed by atoms with E-state index in [4.69, 9.17) is 22.4 Å². The third-order valence-corrected chi connectivity index (χ3v) is 4.22. The normalized spacial score (nSPS) is 10.6. The van der Waals surface area contributed by atoms with Crippen molar-refractivity contribution in [1.29, 1.82) is 0 Å². The predicted molar refractivity (Wildman–Crippen MR) is 92.0 cm³/mol. The maximum absolute atomic E-state index is 5.88. The molecule has 0 radical (unpaired) electrons. The maximum Gasteiger partial charge on any atom is 0.213 e. The van der Waals surface area contributed by atoms with Gasteiger partial charge in [0.25, 0.3) is 0 Å². The summed E-state index contributed by atoms with van der Waals surface area (Å²) in [4.78, 5) is 5.85. The topological polar surface area (TPSA) is 64.1 Å². The first kappa shape index (κ1) is 15.9. The molecule has 6 heteroatoms. The summed E-state index contributed by atoms with van der Waals surface area (Å²) in [5.41, 5.74) is 8.60. The molecule has 0 aliphatic rings. The lowest BCUT2D eigenvalue weighted by Crippen LogP contribution is -2.14. The molecule has 0 bridgehead atoms. The Balaban J connectivity index is 2.22. The summed E-state index contributed by atoms with van der Waals surface area (Å²) >= 11 is 6.92. The van der Waals surface area contributed by atoms with Crippen LogP contribution in [-0.2, 0) is 6.54 Å². The van der Waals surface area contributed by atoms with Crippen molar-refractivity contribution in [3.05, 3.63) is 41.1 Å². The van der Waals surface area contributed by atoms with Crippen LogP contribution in [0.3, 0.4) is 0 Å². The molecule has 0 aliphatic carbocycles. The molecule has 2 rings (SSSR count). The number of rotatable bonds is 6. The summed E-state index contributed by atoms with van der Waals surface area (Å²) in [5, 5.41) is 3.31. The first-order chi connectivity index (χ1) is 10.0. The van der Waals surface area contributed by atoms with Crippen molar-refractivity contribution in [1.82, 2.24) is 4.98 Å². The summed E-state index contributed by atoms with van der Waals surface area (Å²) in [5.74, 6) is 2.47. The molecule has 0 atom stereocenters. The average molecular weight is 321 g/mol. The van der Waals surface area contributed by atoms with Crippen LogP contribution in [0.4, 0.5) is 5.69 Å². The van der Waals surface area contributed by atoms with Crippen LogP contribution < -0.4 is 11.1 Å². The fraction of sp³-hybridized carbons (Fsp3) is 0.333. The SMILES string of the molecule is CCSc1cccc(NCc2nc(C)c(C)o2)c1C(N)=S. The Kier molecular flexibility index (Phi) is 5.25. The molecule has 21 heavy (non-hydrogen) atoms. The monoisotopic (exact) mass is 321 g/mol. The molecular formula is C15H19N3OS2. The standard InChI is InChI=1S/C15H19N3OS2/c1-4-21-12-7-5-6-11(14(12)15(16)20)17-8-13-18-9(2)10(3)19-13/h5-7,17H,4,8H2,1-3H3,(H2,16,20). The molecule has 0 fully saturated rings. The number of nitrogens with two attached hydrogens (primary N) is 1. The quantitative estimate of drug-likeness (QED) is 0.625. The van der Waals surface area contributed by atoms with E-state index in [-0.39, 0.29) is 0 Å². The Morgan fingerprint density at radius 1 is 1.43 bits per heavy atom. The highest BCUT2D eigenvalue weighted by Gasteiger charge is 2.12. The second kappa shape index (κ2) is 6.95. The van der Waals surface area contributed by atoms with E-state index in [1.54, 1.807) is 11.8 Å². The third kappa shape index (κ3) is 3.77. The van der Waals surface area contributed by atoms with Gasteiger partial charge >= 0.3 is 0 Å². The van der Waals surface area contributed by atoms with Crippen molar-refractivity contribution in [3.63, 3.8) is 0 Å². The second-order valence-corrected chi connectivity index (χ2v) is 6.32. The van der Waals surface area contributed by atoms with Crippen molar-refractivity contribution in [3.8, 4) is 0 Å². The van der Waals surface area contributed by atoms with Gasteiger partial charge in [0.15, 0.2) is 0 Å². The first-order valence-corrected chi connectivity index (χ1v) is 8.14. The number of nitrogens with zero attached hydrogens (tertiary/aromatic N) is 1. The Labute approximate surface area is 134 Å². The van der Waals surface area contributed by atoms with Gasteiger partial charge in [0.1, 0.15) is 10.7 Å². The number of thiocarbonyl (C=S) groups is 1. The third-order valence-electron chi connectivity index (χ3n) is 3.08. The fourth-order valence-corrected chi connectivity index (χ4v) is 3.13. The lowest BCUT2D eigenvalue weighted by Gasteiger charge is -2.13.